The van der Waals surface area contributed by atoms with Gasteiger partial charge in [-0.15, -0.1) is 0 Å². The van der Waals surface area contributed by atoms with Crippen LogP contribution in [0.1, 0.15) is 51.0 Å². The smallest absolute Gasteiger partial charge is 0.262 e. The molecule has 8 heteroatoms. The third-order valence-corrected chi connectivity index (χ3v) is 8.94. The summed E-state index contributed by atoms with van der Waals surface area (Å²) in [5.74, 6) is 1.40. The predicted molar refractivity (Wildman–Crippen MR) is 154 cm³/mol. The second-order valence-electron chi connectivity index (χ2n) is 12.2. The van der Waals surface area contributed by atoms with E-state index in [2.05, 4.69) is 16.3 Å². The van der Waals surface area contributed by atoms with Gasteiger partial charge < -0.3 is 15.0 Å². The first-order chi connectivity index (χ1) is 18.8. The molecule has 1 spiro atoms. The Hall–Kier alpha value is -2.74. The Morgan fingerprint density at radius 1 is 1.15 bits per heavy atom. The fourth-order valence-electron chi connectivity index (χ4n) is 6.67. The third kappa shape index (κ3) is 5.49. The van der Waals surface area contributed by atoms with E-state index in [1.165, 1.54) is 42.6 Å². The van der Waals surface area contributed by atoms with Crippen molar-refractivity contribution in [2.24, 2.45) is 11.3 Å². The molecule has 3 aliphatic rings. The van der Waals surface area contributed by atoms with Crippen LogP contribution in [0.4, 0.5) is 0 Å². The Labute approximate surface area is 234 Å². The van der Waals surface area contributed by atoms with Crippen LogP contribution in [0.5, 0.6) is 0 Å². The first kappa shape index (κ1) is 26.5. The van der Waals surface area contributed by atoms with Crippen molar-refractivity contribution in [2.75, 3.05) is 32.8 Å². The minimum atomic E-state index is -0.219. The highest BCUT2D eigenvalue weighted by molar-refractivity contribution is 6.30. The number of hydrogen-bond acceptors (Lipinski definition) is 5. The van der Waals surface area contributed by atoms with Gasteiger partial charge in [-0.05, 0) is 81.2 Å². The van der Waals surface area contributed by atoms with Crippen LogP contribution in [0.25, 0.3) is 22.3 Å². The normalized spacial score (nSPS) is 22.6. The fraction of sp³-hybridized carbons (Fsp3) is 0.516. The van der Waals surface area contributed by atoms with Gasteiger partial charge in [0, 0.05) is 54.9 Å². The lowest BCUT2D eigenvalue weighted by atomic mass is 9.68. The van der Waals surface area contributed by atoms with Gasteiger partial charge in [0.05, 0.1) is 10.9 Å². The van der Waals surface area contributed by atoms with Crippen molar-refractivity contribution in [1.29, 1.82) is 0 Å². The molecule has 0 radical (unpaired) electrons. The van der Waals surface area contributed by atoms with Gasteiger partial charge in [0.25, 0.3) is 5.56 Å². The zero-order chi connectivity index (χ0) is 27.1. The van der Waals surface area contributed by atoms with Gasteiger partial charge in [-0.2, -0.15) is 0 Å². The maximum absolute atomic E-state index is 13.8. The summed E-state index contributed by atoms with van der Waals surface area (Å²) in [6, 6.07) is 13.3. The number of ether oxygens (including phenoxy) is 1. The van der Waals surface area contributed by atoms with Crippen LogP contribution in [0.2, 0.25) is 5.02 Å². The van der Waals surface area contributed by atoms with Crippen LogP contribution in [-0.2, 0) is 16.1 Å². The maximum atomic E-state index is 13.8. The van der Waals surface area contributed by atoms with Crippen LogP contribution < -0.4 is 10.9 Å². The van der Waals surface area contributed by atoms with Crippen LogP contribution in [0.3, 0.4) is 0 Å². The van der Waals surface area contributed by atoms with E-state index < -0.39 is 0 Å². The molecule has 1 N–H and O–H groups in total. The van der Waals surface area contributed by atoms with Gasteiger partial charge in [-0.1, -0.05) is 29.8 Å². The summed E-state index contributed by atoms with van der Waals surface area (Å²) in [5, 5.41) is 4.00. The molecular weight excluding hydrogens is 512 g/mol. The Morgan fingerprint density at radius 3 is 2.64 bits per heavy atom. The third-order valence-electron chi connectivity index (χ3n) is 8.71. The van der Waals surface area contributed by atoms with Crippen LogP contribution in [0, 0.1) is 11.3 Å². The molecule has 0 bridgehead atoms. The minimum absolute atomic E-state index is 0.0205. The number of nitrogens with one attached hydrogen (secondary N) is 1. The highest BCUT2D eigenvalue weighted by Gasteiger charge is 2.45. The fourth-order valence-corrected chi connectivity index (χ4v) is 6.86. The molecule has 0 unspecified atom stereocenters. The zero-order valence-corrected chi connectivity index (χ0v) is 23.5. The number of amides is 1. The number of carbonyl (C=O) groups excluding carboxylic acids is 1. The van der Waals surface area contributed by atoms with E-state index in [9.17, 15) is 9.59 Å². The second kappa shape index (κ2) is 10.7. The van der Waals surface area contributed by atoms with Gasteiger partial charge in [0.2, 0.25) is 5.91 Å². The highest BCUT2D eigenvalue weighted by atomic mass is 35.5. The summed E-state index contributed by atoms with van der Waals surface area (Å²) >= 11 is 6.25. The number of fused-ring (bicyclic) bond motifs is 1. The molecule has 2 aromatic carbocycles. The molecule has 1 aromatic heterocycles. The van der Waals surface area contributed by atoms with Gasteiger partial charge in [-0.3, -0.25) is 14.2 Å². The number of aromatic nitrogens is 2. The standard InChI is InChI=1S/C31H37ClN4O3/c1-20(2)33-28(37)17-36-29(23-4-3-5-25(32)14-23)34-27-7-6-22(15-26(27)30(36)38)24-12-21(13-24)16-35-18-31(19-35)8-10-39-11-9-31/h3-7,14-15,20-21,24H,8-13,16-19H2,1-2H3,(H,33,37)/t21-,24+. The van der Waals surface area contributed by atoms with Crippen LogP contribution in [-0.4, -0.2) is 59.2 Å². The van der Waals surface area contributed by atoms with Crippen molar-refractivity contribution in [1.82, 2.24) is 19.8 Å². The molecule has 206 valence electrons. The number of halogens is 1. The molecule has 39 heavy (non-hydrogen) atoms. The largest absolute Gasteiger partial charge is 0.381 e. The Kier molecular flexibility index (Phi) is 7.25. The summed E-state index contributed by atoms with van der Waals surface area (Å²) in [4.78, 5) is 34.0. The lowest BCUT2D eigenvalue weighted by Crippen LogP contribution is -2.59. The van der Waals surface area contributed by atoms with Crippen molar-refractivity contribution in [3.63, 3.8) is 0 Å². The van der Waals surface area contributed by atoms with E-state index in [0.29, 0.717) is 44.6 Å². The van der Waals surface area contributed by atoms with E-state index in [0.717, 1.165) is 26.1 Å². The number of carbonyl (C=O) groups is 1. The Balaban J connectivity index is 1.21. The number of rotatable bonds is 7. The lowest BCUT2D eigenvalue weighted by molar-refractivity contribution is -0.122. The molecule has 0 atom stereocenters. The van der Waals surface area contributed by atoms with Crippen LogP contribution in [0.15, 0.2) is 47.3 Å². The number of hydrogen-bond donors (Lipinski definition) is 1. The van der Waals surface area contributed by atoms with E-state index in [-0.39, 0.29) is 24.1 Å². The molecule has 3 heterocycles. The van der Waals surface area contributed by atoms with Gasteiger partial charge in [0.1, 0.15) is 12.4 Å². The molecule has 7 nitrogen and oxygen atoms in total. The zero-order valence-electron chi connectivity index (χ0n) is 22.8. The Morgan fingerprint density at radius 2 is 1.92 bits per heavy atom. The quantitative estimate of drug-likeness (QED) is 0.457. The molecule has 2 saturated heterocycles. The summed E-state index contributed by atoms with van der Waals surface area (Å²) in [7, 11) is 0. The molecule has 3 fully saturated rings. The SMILES string of the molecule is CC(C)NC(=O)Cn1c(-c2cccc(Cl)c2)nc2ccc([C@H]3C[C@@H](CN4CC5(CCOCC5)C4)C3)cc2c1=O. The lowest BCUT2D eigenvalue weighted by Gasteiger charge is -2.54. The monoisotopic (exact) mass is 548 g/mol. The summed E-state index contributed by atoms with van der Waals surface area (Å²) < 4.78 is 7.04. The topological polar surface area (TPSA) is 76.5 Å². The maximum Gasteiger partial charge on any atom is 0.262 e. The van der Waals surface area contributed by atoms with E-state index >= 15 is 0 Å². The van der Waals surface area contributed by atoms with Gasteiger partial charge in [0.15, 0.2) is 0 Å². The first-order valence-electron chi connectivity index (χ1n) is 14.2. The summed E-state index contributed by atoms with van der Waals surface area (Å²) in [6.45, 7) is 9.16. The first-order valence-corrected chi connectivity index (χ1v) is 14.6. The van der Waals surface area contributed by atoms with Crippen molar-refractivity contribution >= 4 is 28.4 Å². The molecular formula is C31H37ClN4O3. The average molecular weight is 549 g/mol. The van der Waals surface area contributed by atoms with E-state index in [1.807, 2.05) is 38.1 Å². The molecule has 6 rings (SSSR count). The molecule has 2 aliphatic heterocycles. The molecule has 1 saturated carbocycles. The Bertz CT molecular complexity index is 1430. The molecule has 1 amide bonds. The van der Waals surface area contributed by atoms with E-state index in [4.69, 9.17) is 21.3 Å². The second-order valence-corrected chi connectivity index (χ2v) is 12.6. The van der Waals surface area contributed by atoms with Crippen molar-refractivity contribution in [3.8, 4) is 11.4 Å². The summed E-state index contributed by atoms with van der Waals surface area (Å²) in [5.41, 5.74) is 2.85. The van der Waals surface area contributed by atoms with Crippen molar-refractivity contribution < 1.29 is 9.53 Å². The minimum Gasteiger partial charge on any atom is -0.381 e. The van der Waals surface area contributed by atoms with Crippen molar-refractivity contribution in [2.45, 2.75) is 58.0 Å². The summed E-state index contributed by atoms with van der Waals surface area (Å²) in [6.07, 6.45) is 4.71. The average Bonchev–Trinajstić information content (AvgIpc) is 2.86. The van der Waals surface area contributed by atoms with Gasteiger partial charge >= 0.3 is 0 Å². The number of nitrogens with zero attached hydrogens (tertiary/aromatic N) is 3. The molecule has 1 aliphatic carbocycles. The highest BCUT2D eigenvalue weighted by Crippen LogP contribution is 2.45. The van der Waals surface area contributed by atoms with Crippen molar-refractivity contribution in [3.05, 3.63) is 63.4 Å². The van der Waals surface area contributed by atoms with E-state index in [1.54, 1.807) is 12.1 Å². The number of benzene rings is 2. The van der Waals surface area contributed by atoms with Gasteiger partial charge in [-0.25, -0.2) is 4.98 Å². The van der Waals surface area contributed by atoms with Crippen LogP contribution >= 0.6 is 11.6 Å². The molecule has 3 aromatic rings. The predicted octanol–water partition coefficient (Wildman–Crippen LogP) is 4.85. The number of likely N-dealkylation sites (tertiary alicyclic amines) is 1.